The summed E-state index contributed by atoms with van der Waals surface area (Å²) in [5.74, 6) is -1.57. The minimum atomic E-state index is -0.913. The zero-order valence-electron chi connectivity index (χ0n) is 9.79. The van der Waals surface area contributed by atoms with E-state index in [-0.39, 0.29) is 21.7 Å². The number of benzene rings is 1. The van der Waals surface area contributed by atoms with E-state index in [1.54, 1.807) is 19.1 Å². The third-order valence-electron chi connectivity index (χ3n) is 2.61. The zero-order valence-corrected chi connectivity index (χ0v) is 10.5. The van der Waals surface area contributed by atoms with E-state index in [9.17, 15) is 14.3 Å². The van der Waals surface area contributed by atoms with Crippen molar-refractivity contribution in [2.45, 2.75) is 6.92 Å². The first-order chi connectivity index (χ1) is 8.93. The fourth-order valence-corrected chi connectivity index (χ4v) is 1.96. The van der Waals surface area contributed by atoms with Crippen molar-refractivity contribution in [3.63, 3.8) is 0 Å². The molecule has 0 atom stereocenters. The van der Waals surface area contributed by atoms with E-state index < -0.39 is 17.1 Å². The summed E-state index contributed by atoms with van der Waals surface area (Å²) in [6, 6.07) is 5.64. The highest BCUT2D eigenvalue weighted by Gasteiger charge is 2.14. The Hall–Kier alpha value is -2.32. The van der Waals surface area contributed by atoms with Crippen LogP contribution in [0.3, 0.4) is 0 Å². The Morgan fingerprint density at radius 3 is 2.68 bits per heavy atom. The molecule has 0 saturated heterocycles. The van der Waals surface area contributed by atoms with Crippen molar-refractivity contribution in [2.24, 2.45) is 0 Å². The van der Waals surface area contributed by atoms with Crippen molar-refractivity contribution in [3.8, 4) is 22.9 Å². The molecule has 0 aliphatic heterocycles. The number of phenolic OH excluding ortho intramolecular Hbond substituents is 1. The highest BCUT2D eigenvalue weighted by atomic mass is 35.5. The van der Waals surface area contributed by atoms with Crippen molar-refractivity contribution in [1.29, 1.82) is 5.26 Å². The van der Waals surface area contributed by atoms with Gasteiger partial charge >= 0.3 is 0 Å². The quantitative estimate of drug-likeness (QED) is 0.842. The van der Waals surface area contributed by atoms with Crippen molar-refractivity contribution in [1.82, 2.24) is 4.98 Å². The standard InChI is InChI=1S/C13H8ClFN2O2/c1-6-2-8(9(5-16)13(19)17-6)7-3-10(14)12(18)11(15)4-7/h2-4,18H,1H3,(H,17,19). The third-order valence-corrected chi connectivity index (χ3v) is 2.90. The molecule has 0 saturated carbocycles. The van der Waals surface area contributed by atoms with Gasteiger partial charge < -0.3 is 10.1 Å². The molecule has 4 nitrogen and oxygen atoms in total. The molecular formula is C13H8ClFN2O2. The Morgan fingerprint density at radius 2 is 2.11 bits per heavy atom. The van der Waals surface area contributed by atoms with Gasteiger partial charge in [-0.25, -0.2) is 4.39 Å². The van der Waals surface area contributed by atoms with E-state index in [1.165, 1.54) is 6.07 Å². The minimum Gasteiger partial charge on any atom is -0.504 e. The molecule has 1 aromatic heterocycles. The van der Waals surface area contributed by atoms with Crippen molar-refractivity contribution < 1.29 is 9.50 Å². The number of rotatable bonds is 1. The number of nitrogens with zero attached hydrogens (tertiary/aromatic N) is 1. The lowest BCUT2D eigenvalue weighted by Crippen LogP contribution is -2.12. The number of hydrogen-bond donors (Lipinski definition) is 2. The number of hydrogen-bond acceptors (Lipinski definition) is 3. The highest BCUT2D eigenvalue weighted by molar-refractivity contribution is 6.32. The van der Waals surface area contributed by atoms with Gasteiger partial charge in [-0.05, 0) is 30.7 Å². The van der Waals surface area contributed by atoms with Gasteiger partial charge in [-0.1, -0.05) is 11.6 Å². The first kappa shape index (κ1) is 13.1. The van der Waals surface area contributed by atoms with E-state index in [2.05, 4.69) is 4.98 Å². The second kappa shape index (κ2) is 4.75. The summed E-state index contributed by atoms with van der Waals surface area (Å²) in [5.41, 5.74) is 0.369. The minimum absolute atomic E-state index is 0.133. The smallest absolute Gasteiger partial charge is 0.266 e. The molecule has 0 unspecified atom stereocenters. The molecule has 0 fully saturated rings. The van der Waals surface area contributed by atoms with Gasteiger partial charge in [0, 0.05) is 11.3 Å². The van der Waals surface area contributed by atoms with Crippen molar-refractivity contribution >= 4 is 11.6 Å². The molecule has 1 heterocycles. The number of pyridine rings is 1. The average Bonchev–Trinajstić information content (AvgIpc) is 2.34. The van der Waals surface area contributed by atoms with E-state index in [0.29, 0.717) is 5.69 Å². The number of aromatic nitrogens is 1. The summed E-state index contributed by atoms with van der Waals surface area (Å²) in [5, 5.41) is 18.1. The molecule has 2 aromatic rings. The first-order valence-corrected chi connectivity index (χ1v) is 5.64. The van der Waals surface area contributed by atoms with Gasteiger partial charge in [0.2, 0.25) is 0 Å². The molecule has 2 N–H and O–H groups in total. The third kappa shape index (κ3) is 2.30. The number of H-pyrrole nitrogens is 1. The molecule has 0 bridgehead atoms. The van der Waals surface area contributed by atoms with Gasteiger partial charge in [-0.3, -0.25) is 4.79 Å². The first-order valence-electron chi connectivity index (χ1n) is 5.26. The van der Waals surface area contributed by atoms with E-state index in [4.69, 9.17) is 16.9 Å². The van der Waals surface area contributed by atoms with Gasteiger partial charge in [-0.2, -0.15) is 5.26 Å². The Morgan fingerprint density at radius 1 is 1.42 bits per heavy atom. The Bertz CT molecular complexity index is 739. The number of nitriles is 1. The maximum atomic E-state index is 13.5. The van der Waals surface area contributed by atoms with Gasteiger partial charge in [0.25, 0.3) is 5.56 Å². The van der Waals surface area contributed by atoms with Crippen LogP contribution in [0.1, 0.15) is 11.3 Å². The number of nitrogens with one attached hydrogen (secondary N) is 1. The molecule has 0 aliphatic carbocycles. The van der Waals surface area contributed by atoms with Crippen LogP contribution in [-0.2, 0) is 0 Å². The largest absolute Gasteiger partial charge is 0.504 e. The summed E-state index contributed by atoms with van der Waals surface area (Å²) in [4.78, 5) is 14.1. The predicted octanol–water partition coefficient (Wildman–Crippen LogP) is 2.72. The van der Waals surface area contributed by atoms with Crippen LogP contribution >= 0.6 is 11.6 Å². The van der Waals surface area contributed by atoms with Crippen LogP contribution < -0.4 is 5.56 Å². The normalized spacial score (nSPS) is 10.2. The summed E-state index contributed by atoms with van der Waals surface area (Å²) >= 11 is 5.69. The van der Waals surface area contributed by atoms with Gasteiger partial charge in [-0.15, -0.1) is 0 Å². The maximum Gasteiger partial charge on any atom is 0.266 e. The molecule has 0 aliphatic rings. The van der Waals surface area contributed by atoms with Crippen LogP contribution in [0.4, 0.5) is 4.39 Å². The molecule has 96 valence electrons. The van der Waals surface area contributed by atoms with E-state index in [1.807, 2.05) is 0 Å². The Labute approximate surface area is 112 Å². The summed E-state index contributed by atoms with van der Waals surface area (Å²) < 4.78 is 13.5. The fourth-order valence-electron chi connectivity index (χ4n) is 1.75. The monoisotopic (exact) mass is 278 g/mol. The number of aromatic hydroxyl groups is 1. The number of aromatic amines is 1. The van der Waals surface area contributed by atoms with Gasteiger partial charge in [0.1, 0.15) is 11.6 Å². The number of aryl methyl sites for hydroxylation is 1. The lowest BCUT2D eigenvalue weighted by Gasteiger charge is -2.07. The van der Waals surface area contributed by atoms with Crippen molar-refractivity contribution in [3.05, 3.63) is 50.7 Å². The average molecular weight is 279 g/mol. The lowest BCUT2D eigenvalue weighted by atomic mass is 10.0. The van der Waals surface area contributed by atoms with Crippen LogP contribution in [0.5, 0.6) is 5.75 Å². The van der Waals surface area contributed by atoms with Crippen LogP contribution in [0.15, 0.2) is 23.0 Å². The lowest BCUT2D eigenvalue weighted by molar-refractivity contribution is 0.433. The SMILES string of the molecule is Cc1cc(-c2cc(F)c(O)c(Cl)c2)c(C#N)c(=O)[nH]1. The summed E-state index contributed by atoms with van der Waals surface area (Å²) in [6.45, 7) is 1.64. The Balaban J connectivity index is 2.80. The van der Waals surface area contributed by atoms with Gasteiger partial charge in [0.15, 0.2) is 11.6 Å². The molecule has 2 rings (SSSR count). The predicted molar refractivity (Wildman–Crippen MR) is 68.6 cm³/mol. The molecule has 19 heavy (non-hydrogen) atoms. The fraction of sp³-hybridized carbons (Fsp3) is 0.0769. The van der Waals surface area contributed by atoms with E-state index in [0.717, 1.165) is 6.07 Å². The molecule has 6 heteroatoms. The second-order valence-corrected chi connectivity index (χ2v) is 4.38. The summed E-state index contributed by atoms with van der Waals surface area (Å²) in [6.07, 6.45) is 0. The zero-order chi connectivity index (χ0) is 14.2. The van der Waals surface area contributed by atoms with Crippen LogP contribution in [0, 0.1) is 24.1 Å². The molecule has 0 spiro atoms. The Kier molecular flexibility index (Phi) is 3.28. The molecule has 0 amide bonds. The van der Waals surface area contributed by atoms with Crippen LogP contribution in [-0.4, -0.2) is 10.1 Å². The number of phenols is 1. The van der Waals surface area contributed by atoms with Gasteiger partial charge in [0.05, 0.1) is 5.02 Å². The molecule has 0 radical (unpaired) electrons. The number of halogens is 2. The topological polar surface area (TPSA) is 76.9 Å². The summed E-state index contributed by atoms with van der Waals surface area (Å²) in [7, 11) is 0. The van der Waals surface area contributed by atoms with E-state index >= 15 is 0 Å². The second-order valence-electron chi connectivity index (χ2n) is 3.97. The van der Waals surface area contributed by atoms with Crippen LogP contribution in [0.25, 0.3) is 11.1 Å². The highest BCUT2D eigenvalue weighted by Crippen LogP contribution is 2.33. The maximum absolute atomic E-state index is 13.5. The van der Waals surface area contributed by atoms with Crippen LogP contribution in [0.2, 0.25) is 5.02 Å². The molecular weight excluding hydrogens is 271 g/mol. The molecule has 1 aromatic carbocycles. The van der Waals surface area contributed by atoms with Crippen molar-refractivity contribution in [2.75, 3.05) is 0 Å².